The molecule has 1 aliphatic carbocycles. The highest BCUT2D eigenvalue weighted by atomic mass is 32.2. The summed E-state index contributed by atoms with van der Waals surface area (Å²) in [6.45, 7) is 0. The number of halogens is 5. The lowest BCUT2D eigenvalue weighted by Crippen LogP contribution is -2.32. The van der Waals surface area contributed by atoms with Crippen molar-refractivity contribution in [3.8, 4) is 5.69 Å². The van der Waals surface area contributed by atoms with Crippen molar-refractivity contribution in [2.24, 2.45) is 0 Å². The average Bonchev–Trinajstić information content (AvgIpc) is 2.91. The van der Waals surface area contributed by atoms with Gasteiger partial charge in [-0.15, -0.1) is 0 Å². The van der Waals surface area contributed by atoms with Crippen molar-refractivity contribution in [1.29, 1.82) is 0 Å². The number of rotatable bonds is 3. The number of fused-ring (bicyclic) bond motifs is 1. The summed E-state index contributed by atoms with van der Waals surface area (Å²) in [7, 11) is -3.99. The van der Waals surface area contributed by atoms with E-state index in [1.807, 2.05) is 0 Å². The number of benzene rings is 1. The predicted molar refractivity (Wildman–Crippen MR) is 82.0 cm³/mol. The van der Waals surface area contributed by atoms with E-state index in [0.29, 0.717) is 0 Å². The first-order valence-electron chi connectivity index (χ1n) is 7.51. The third kappa shape index (κ3) is 3.01. The van der Waals surface area contributed by atoms with Gasteiger partial charge in [0, 0.05) is 35.8 Å². The standard InChI is InChI=1S/C16H14F5NO3S/c1-26(24,25)12-7-22(8-2-3-10(17)9(6-8)15(18)19)11-4-5-16(20,21)14(23)13(11)12/h2-3,6-7,14-15,23H,4-5H2,1H3/t14-/m0/s1. The first-order chi connectivity index (χ1) is 11.9. The minimum absolute atomic E-state index is 0.00901. The number of aliphatic hydroxyl groups excluding tert-OH is 1. The summed E-state index contributed by atoms with van der Waals surface area (Å²) >= 11 is 0. The van der Waals surface area contributed by atoms with E-state index in [9.17, 15) is 35.5 Å². The lowest BCUT2D eigenvalue weighted by Gasteiger charge is -2.29. The Bertz CT molecular complexity index is 969. The molecular formula is C16H14F5NO3S. The maximum absolute atomic E-state index is 13.9. The Labute approximate surface area is 145 Å². The van der Waals surface area contributed by atoms with Gasteiger partial charge < -0.3 is 9.67 Å². The van der Waals surface area contributed by atoms with Gasteiger partial charge in [-0.1, -0.05) is 0 Å². The molecule has 0 unspecified atom stereocenters. The first-order valence-corrected chi connectivity index (χ1v) is 9.40. The lowest BCUT2D eigenvalue weighted by atomic mass is 9.91. The Kier molecular flexibility index (Phi) is 4.39. The Morgan fingerprint density at radius 2 is 1.96 bits per heavy atom. The fourth-order valence-corrected chi connectivity index (χ4v) is 4.02. The van der Waals surface area contributed by atoms with Crippen molar-refractivity contribution in [2.75, 3.05) is 6.26 Å². The van der Waals surface area contributed by atoms with E-state index in [2.05, 4.69) is 0 Å². The second-order valence-electron chi connectivity index (χ2n) is 6.17. The van der Waals surface area contributed by atoms with E-state index >= 15 is 0 Å². The molecule has 1 heterocycles. The van der Waals surface area contributed by atoms with Crippen molar-refractivity contribution < 1.29 is 35.5 Å². The summed E-state index contributed by atoms with van der Waals surface area (Å²) in [6.07, 6.45) is -4.68. The number of aliphatic hydroxyl groups is 1. The van der Waals surface area contributed by atoms with Gasteiger partial charge in [0.15, 0.2) is 9.84 Å². The van der Waals surface area contributed by atoms with Crippen LogP contribution in [-0.2, 0) is 16.3 Å². The van der Waals surface area contributed by atoms with Gasteiger partial charge >= 0.3 is 0 Å². The smallest absolute Gasteiger partial charge is 0.278 e. The zero-order valence-electron chi connectivity index (χ0n) is 13.4. The van der Waals surface area contributed by atoms with E-state index in [-0.39, 0.29) is 17.8 Å². The average molecular weight is 395 g/mol. The minimum atomic E-state index is -3.99. The SMILES string of the molecule is CS(=O)(=O)c1cn(-c2ccc(F)c(C(F)F)c2)c2c1[C@H](O)C(F)(F)CC2. The maximum atomic E-state index is 13.9. The molecule has 0 saturated carbocycles. The zero-order chi connectivity index (χ0) is 19.4. The summed E-state index contributed by atoms with van der Waals surface area (Å²) < 4.78 is 92.2. The second-order valence-corrected chi connectivity index (χ2v) is 8.15. The third-order valence-corrected chi connectivity index (χ3v) is 5.50. The first kappa shape index (κ1) is 18.8. The van der Waals surface area contributed by atoms with Crippen LogP contribution in [0.2, 0.25) is 0 Å². The van der Waals surface area contributed by atoms with Gasteiger partial charge in [-0.3, -0.25) is 0 Å². The van der Waals surface area contributed by atoms with Gasteiger partial charge in [-0.05, 0) is 24.6 Å². The van der Waals surface area contributed by atoms with Crippen molar-refractivity contribution in [1.82, 2.24) is 4.57 Å². The van der Waals surface area contributed by atoms with Gasteiger partial charge in [-0.25, -0.2) is 30.4 Å². The second kappa shape index (κ2) is 6.05. The number of sulfone groups is 1. The molecule has 3 rings (SSSR count). The lowest BCUT2D eigenvalue weighted by molar-refractivity contribution is -0.123. The van der Waals surface area contributed by atoms with Gasteiger partial charge in [-0.2, -0.15) is 0 Å². The molecule has 2 aromatic rings. The fourth-order valence-electron chi connectivity index (χ4n) is 3.09. The molecule has 4 nitrogen and oxygen atoms in total. The van der Waals surface area contributed by atoms with Gasteiger partial charge in [0.2, 0.25) is 0 Å². The number of aromatic nitrogens is 1. The van der Waals surface area contributed by atoms with E-state index in [4.69, 9.17) is 0 Å². The largest absolute Gasteiger partial charge is 0.382 e. The number of hydrogen-bond donors (Lipinski definition) is 1. The Morgan fingerprint density at radius 1 is 1.31 bits per heavy atom. The van der Waals surface area contributed by atoms with E-state index in [1.54, 1.807) is 0 Å². The normalized spacial score (nSPS) is 19.6. The monoisotopic (exact) mass is 395 g/mol. The van der Waals surface area contributed by atoms with Crippen LogP contribution in [-0.4, -0.2) is 30.3 Å². The molecule has 1 N–H and O–H groups in total. The maximum Gasteiger partial charge on any atom is 0.278 e. The molecule has 0 spiro atoms. The Hall–Kier alpha value is -1.94. The summed E-state index contributed by atoms with van der Waals surface area (Å²) in [5, 5.41) is 9.97. The number of hydrogen-bond acceptors (Lipinski definition) is 3. The molecule has 0 aliphatic heterocycles. The van der Waals surface area contributed by atoms with Crippen LogP contribution in [0.15, 0.2) is 29.3 Å². The highest BCUT2D eigenvalue weighted by molar-refractivity contribution is 7.90. The van der Waals surface area contributed by atoms with Crippen molar-refractivity contribution >= 4 is 9.84 Å². The molecule has 1 atom stereocenters. The molecule has 142 valence electrons. The highest BCUT2D eigenvalue weighted by Crippen LogP contribution is 2.45. The van der Waals surface area contributed by atoms with Crippen LogP contribution < -0.4 is 0 Å². The summed E-state index contributed by atoms with van der Waals surface area (Å²) in [5.41, 5.74) is -1.29. The summed E-state index contributed by atoms with van der Waals surface area (Å²) in [5.74, 6) is -4.66. The zero-order valence-corrected chi connectivity index (χ0v) is 14.2. The van der Waals surface area contributed by atoms with Crippen LogP contribution in [0, 0.1) is 5.82 Å². The molecule has 26 heavy (non-hydrogen) atoms. The van der Waals surface area contributed by atoms with Crippen LogP contribution in [0.3, 0.4) is 0 Å². The molecule has 1 aromatic heterocycles. The highest BCUT2D eigenvalue weighted by Gasteiger charge is 2.47. The topological polar surface area (TPSA) is 59.3 Å². The molecule has 0 saturated heterocycles. The van der Waals surface area contributed by atoms with Crippen molar-refractivity contribution in [2.45, 2.75) is 36.2 Å². The molecule has 1 aromatic carbocycles. The van der Waals surface area contributed by atoms with Gasteiger partial charge in [0.05, 0.1) is 10.5 Å². The Morgan fingerprint density at radius 3 is 2.54 bits per heavy atom. The molecular weight excluding hydrogens is 381 g/mol. The molecule has 0 fully saturated rings. The van der Waals surface area contributed by atoms with Crippen LogP contribution >= 0.6 is 0 Å². The third-order valence-electron chi connectivity index (χ3n) is 4.37. The summed E-state index contributed by atoms with van der Waals surface area (Å²) in [6, 6.07) is 2.75. The minimum Gasteiger partial charge on any atom is -0.382 e. The van der Waals surface area contributed by atoms with Crippen LogP contribution in [0.1, 0.15) is 35.8 Å². The quantitative estimate of drug-likeness (QED) is 0.809. The van der Waals surface area contributed by atoms with Crippen LogP contribution in [0.4, 0.5) is 22.0 Å². The summed E-state index contributed by atoms with van der Waals surface area (Å²) in [4.78, 5) is -0.512. The van der Waals surface area contributed by atoms with E-state index < -0.39 is 56.5 Å². The molecule has 0 amide bonds. The van der Waals surface area contributed by atoms with Crippen molar-refractivity contribution in [3.05, 3.63) is 47.0 Å². The van der Waals surface area contributed by atoms with E-state index in [1.165, 1.54) is 0 Å². The Balaban J connectivity index is 2.27. The molecule has 0 bridgehead atoms. The van der Waals surface area contributed by atoms with Gasteiger partial charge in [0.25, 0.3) is 12.3 Å². The number of nitrogens with zero attached hydrogens (tertiary/aromatic N) is 1. The molecule has 10 heteroatoms. The molecule has 1 aliphatic rings. The van der Waals surface area contributed by atoms with Crippen LogP contribution in [0.25, 0.3) is 5.69 Å². The van der Waals surface area contributed by atoms with Gasteiger partial charge in [0.1, 0.15) is 11.9 Å². The van der Waals surface area contributed by atoms with E-state index in [0.717, 1.165) is 35.2 Å². The number of alkyl halides is 4. The fraction of sp³-hybridized carbons (Fsp3) is 0.375. The van der Waals surface area contributed by atoms with Crippen molar-refractivity contribution in [3.63, 3.8) is 0 Å². The molecule has 0 radical (unpaired) electrons. The predicted octanol–water partition coefficient (Wildman–Crippen LogP) is 3.57. The van der Waals surface area contributed by atoms with Crippen LogP contribution in [0.5, 0.6) is 0 Å².